The summed E-state index contributed by atoms with van der Waals surface area (Å²) in [7, 11) is 0. The van der Waals surface area contributed by atoms with Gasteiger partial charge in [0.15, 0.2) is 0 Å². The van der Waals surface area contributed by atoms with Gasteiger partial charge in [0.2, 0.25) is 0 Å². The first kappa shape index (κ1) is 18.7. The summed E-state index contributed by atoms with van der Waals surface area (Å²) in [5.74, 6) is 2.92. The van der Waals surface area contributed by atoms with Crippen LogP contribution in [0.15, 0.2) is 35.4 Å². The van der Waals surface area contributed by atoms with E-state index in [1.54, 1.807) is 0 Å². The van der Waals surface area contributed by atoms with Crippen LogP contribution in [0.5, 0.6) is 0 Å². The minimum Gasteiger partial charge on any atom is -0.319 e. The molecule has 150 valence electrons. The number of halogens is 1. The Balaban J connectivity index is 1.34. The molecule has 0 unspecified atom stereocenters. The number of carbonyl (C=O) groups excluding carboxylic acids is 1. The third-order valence-corrected chi connectivity index (χ3v) is 8.18. The second-order valence-electron chi connectivity index (χ2n) is 9.93. The van der Waals surface area contributed by atoms with Gasteiger partial charge < -0.3 is 4.90 Å². The number of rotatable bonds is 5. The first-order valence-corrected chi connectivity index (χ1v) is 11.3. The minimum atomic E-state index is 0.0658. The van der Waals surface area contributed by atoms with Crippen molar-refractivity contribution >= 4 is 17.5 Å². The van der Waals surface area contributed by atoms with Crippen LogP contribution in [0.3, 0.4) is 0 Å². The third kappa shape index (κ3) is 3.21. The van der Waals surface area contributed by atoms with Gasteiger partial charge in [0.1, 0.15) is 6.17 Å². The quantitative estimate of drug-likeness (QED) is 0.761. The van der Waals surface area contributed by atoms with E-state index in [1.807, 2.05) is 19.1 Å². The van der Waals surface area contributed by atoms with Crippen molar-refractivity contribution in [2.24, 2.45) is 17.8 Å². The van der Waals surface area contributed by atoms with Crippen LogP contribution < -0.4 is 5.32 Å². The maximum atomic E-state index is 13.0. The highest BCUT2D eigenvalue weighted by Gasteiger charge is 2.52. The molecular weight excluding hydrogens is 368 g/mol. The van der Waals surface area contributed by atoms with Gasteiger partial charge in [-0.2, -0.15) is 0 Å². The van der Waals surface area contributed by atoms with E-state index in [0.717, 1.165) is 41.3 Å². The fourth-order valence-electron chi connectivity index (χ4n) is 6.84. The van der Waals surface area contributed by atoms with E-state index in [-0.39, 0.29) is 17.6 Å². The highest BCUT2D eigenvalue weighted by Crippen LogP contribution is 2.56. The first-order chi connectivity index (χ1) is 13.4. The summed E-state index contributed by atoms with van der Waals surface area (Å²) < 4.78 is 0. The molecule has 4 fully saturated rings. The number of nitrogens with one attached hydrogen (secondary N) is 1. The standard InChI is InChI=1S/C24H31ClN2O/c1-15-16(2)23(28)27(8-7-17-3-5-21(25)6-4-17)22(15)26-24-12-18-9-19(13-24)11-20(10-18)14-24/h3-6,18-20,22,26H,7-14H2,1-2H3/t18?,19?,20?,22-,24?/m0/s1. The Morgan fingerprint density at radius 2 is 1.61 bits per heavy atom. The van der Waals surface area contributed by atoms with Crippen molar-refractivity contribution in [1.82, 2.24) is 10.2 Å². The van der Waals surface area contributed by atoms with Gasteiger partial charge in [-0.05, 0) is 99.8 Å². The molecule has 4 saturated carbocycles. The SMILES string of the molecule is CC1=C(C)[C@@H](NC23CC4CC(CC(C4)C2)C3)N(CCc2ccc(Cl)cc2)C1=O. The summed E-state index contributed by atoms with van der Waals surface area (Å²) in [5.41, 5.74) is 3.63. The maximum absolute atomic E-state index is 13.0. The monoisotopic (exact) mass is 398 g/mol. The number of carbonyl (C=O) groups is 1. The Labute approximate surface area is 173 Å². The largest absolute Gasteiger partial charge is 0.319 e. The summed E-state index contributed by atoms with van der Waals surface area (Å²) in [4.78, 5) is 15.1. The Kier molecular flexibility index (Phi) is 4.59. The van der Waals surface area contributed by atoms with Gasteiger partial charge in [-0.15, -0.1) is 0 Å². The van der Waals surface area contributed by atoms with Crippen molar-refractivity contribution in [1.29, 1.82) is 0 Å². The van der Waals surface area contributed by atoms with Crippen molar-refractivity contribution in [3.63, 3.8) is 0 Å². The van der Waals surface area contributed by atoms with Gasteiger partial charge in [-0.25, -0.2) is 0 Å². The molecule has 0 saturated heterocycles. The molecule has 1 aromatic rings. The fourth-order valence-corrected chi connectivity index (χ4v) is 6.96. The zero-order chi connectivity index (χ0) is 19.5. The van der Waals surface area contributed by atoms with Crippen LogP contribution in [0, 0.1) is 17.8 Å². The predicted octanol–water partition coefficient (Wildman–Crippen LogP) is 4.95. The Morgan fingerprint density at radius 3 is 2.18 bits per heavy atom. The number of amides is 1. The van der Waals surface area contributed by atoms with Crippen molar-refractivity contribution < 1.29 is 4.79 Å². The van der Waals surface area contributed by atoms with Gasteiger partial charge in [0.05, 0.1) is 0 Å². The second-order valence-corrected chi connectivity index (χ2v) is 10.4. The van der Waals surface area contributed by atoms with Crippen molar-refractivity contribution in [3.8, 4) is 0 Å². The number of hydrogen-bond donors (Lipinski definition) is 1. The smallest absolute Gasteiger partial charge is 0.251 e. The van der Waals surface area contributed by atoms with Crippen LogP contribution in [0.1, 0.15) is 57.9 Å². The lowest BCUT2D eigenvalue weighted by Crippen LogP contribution is -2.63. The summed E-state index contributed by atoms with van der Waals surface area (Å²) in [6.45, 7) is 4.89. The second kappa shape index (κ2) is 6.88. The summed E-state index contributed by atoms with van der Waals surface area (Å²) in [6.07, 6.45) is 9.18. The first-order valence-electron chi connectivity index (χ1n) is 10.9. The van der Waals surface area contributed by atoms with Crippen LogP contribution in [-0.4, -0.2) is 29.1 Å². The maximum Gasteiger partial charge on any atom is 0.251 e. The Morgan fingerprint density at radius 1 is 1.04 bits per heavy atom. The molecule has 1 aromatic carbocycles. The minimum absolute atomic E-state index is 0.0658. The predicted molar refractivity (Wildman–Crippen MR) is 113 cm³/mol. The van der Waals surface area contributed by atoms with Crippen LogP contribution in [0.25, 0.3) is 0 Å². The molecule has 1 heterocycles. The van der Waals surface area contributed by atoms with Gasteiger partial charge in [-0.1, -0.05) is 23.7 Å². The average molecular weight is 399 g/mol. The van der Waals surface area contributed by atoms with Crippen molar-refractivity contribution in [2.75, 3.05) is 6.54 Å². The zero-order valence-electron chi connectivity index (χ0n) is 17.0. The third-order valence-electron chi connectivity index (χ3n) is 7.93. The molecule has 1 amide bonds. The molecular formula is C24H31ClN2O. The highest BCUT2D eigenvalue weighted by molar-refractivity contribution is 6.30. The van der Waals surface area contributed by atoms with Gasteiger partial charge >= 0.3 is 0 Å². The number of nitrogens with zero attached hydrogens (tertiary/aromatic N) is 1. The van der Waals surface area contributed by atoms with E-state index in [1.165, 1.54) is 49.7 Å². The molecule has 0 radical (unpaired) electrons. The summed E-state index contributed by atoms with van der Waals surface area (Å²) in [6, 6.07) is 8.00. The van der Waals surface area contributed by atoms with E-state index >= 15 is 0 Å². The lowest BCUT2D eigenvalue weighted by molar-refractivity contribution is -0.128. The lowest BCUT2D eigenvalue weighted by Gasteiger charge is -2.58. The molecule has 1 N–H and O–H groups in total. The average Bonchev–Trinajstić information content (AvgIpc) is 2.84. The van der Waals surface area contributed by atoms with Crippen LogP contribution in [0.2, 0.25) is 5.02 Å². The molecule has 4 aliphatic carbocycles. The highest BCUT2D eigenvalue weighted by atomic mass is 35.5. The van der Waals surface area contributed by atoms with E-state index in [4.69, 9.17) is 11.6 Å². The Hall–Kier alpha value is -1.32. The van der Waals surface area contributed by atoms with Crippen LogP contribution in [-0.2, 0) is 11.2 Å². The van der Waals surface area contributed by atoms with E-state index in [2.05, 4.69) is 29.3 Å². The van der Waals surface area contributed by atoms with Gasteiger partial charge in [0.25, 0.3) is 5.91 Å². The van der Waals surface area contributed by atoms with E-state index in [0.29, 0.717) is 0 Å². The summed E-state index contributed by atoms with van der Waals surface area (Å²) >= 11 is 6.01. The lowest BCUT2D eigenvalue weighted by atomic mass is 9.53. The van der Waals surface area contributed by atoms with E-state index < -0.39 is 0 Å². The number of benzene rings is 1. The molecule has 4 heteroatoms. The van der Waals surface area contributed by atoms with Crippen LogP contribution >= 0.6 is 11.6 Å². The normalized spacial score (nSPS) is 36.7. The molecule has 0 aromatic heterocycles. The van der Waals surface area contributed by atoms with Gasteiger partial charge in [-0.3, -0.25) is 10.1 Å². The molecule has 3 nitrogen and oxygen atoms in total. The van der Waals surface area contributed by atoms with Gasteiger partial charge in [0, 0.05) is 22.7 Å². The molecule has 1 aliphatic heterocycles. The van der Waals surface area contributed by atoms with Crippen molar-refractivity contribution in [2.45, 2.75) is 70.5 Å². The molecule has 5 aliphatic rings. The van der Waals surface area contributed by atoms with Crippen molar-refractivity contribution in [3.05, 3.63) is 46.0 Å². The molecule has 6 rings (SSSR count). The number of hydrogen-bond acceptors (Lipinski definition) is 2. The molecule has 28 heavy (non-hydrogen) atoms. The van der Waals surface area contributed by atoms with Crippen LogP contribution in [0.4, 0.5) is 0 Å². The molecule has 0 spiro atoms. The topological polar surface area (TPSA) is 32.3 Å². The fraction of sp³-hybridized carbons (Fsp3) is 0.625. The zero-order valence-corrected chi connectivity index (χ0v) is 17.8. The summed E-state index contributed by atoms with van der Waals surface area (Å²) in [5, 5.41) is 4.82. The Bertz CT molecular complexity index is 777. The van der Waals surface area contributed by atoms with E-state index in [9.17, 15) is 4.79 Å². The molecule has 1 atom stereocenters. The molecule has 4 bridgehead atoms.